The lowest BCUT2D eigenvalue weighted by Crippen LogP contribution is -2.27. The molecule has 1 N–H and O–H groups in total. The molecule has 0 heterocycles. The molecule has 3 atom stereocenters. The number of aliphatic hydroxyl groups excluding tert-OH is 1. The minimum Gasteiger partial charge on any atom is -0.396 e. The quantitative estimate of drug-likeness (QED) is 0.467. The van der Waals surface area contributed by atoms with Gasteiger partial charge in [0.15, 0.2) is 9.84 Å². The van der Waals surface area contributed by atoms with E-state index in [-0.39, 0.29) is 35.4 Å². The van der Waals surface area contributed by atoms with Gasteiger partial charge < -0.3 is 5.11 Å². The molecule has 34 heavy (non-hydrogen) atoms. The number of halogens is 2. The summed E-state index contributed by atoms with van der Waals surface area (Å²) in [6.07, 6.45) is 1.01. The molecule has 0 saturated carbocycles. The van der Waals surface area contributed by atoms with Gasteiger partial charge in [0.2, 0.25) is 0 Å². The van der Waals surface area contributed by atoms with Crippen LogP contribution in [0.4, 0.5) is 4.39 Å². The highest BCUT2D eigenvalue weighted by Gasteiger charge is 2.37. The Bertz CT molecular complexity index is 1300. The normalized spacial score (nSPS) is 18.8. The minimum absolute atomic E-state index is 0.0372. The van der Waals surface area contributed by atoms with Crippen molar-refractivity contribution in [2.24, 2.45) is 5.92 Å². The number of rotatable bonds is 7. The fraction of sp³-hybridized carbons (Fsp3) is 0.296. The van der Waals surface area contributed by atoms with Gasteiger partial charge in [0.1, 0.15) is 11.6 Å². The monoisotopic (exact) mass is 500 g/mol. The van der Waals surface area contributed by atoms with Crippen molar-refractivity contribution < 1.29 is 22.7 Å². The third kappa shape index (κ3) is 5.09. The summed E-state index contributed by atoms with van der Waals surface area (Å²) in [5.74, 6) is -0.977. The highest BCUT2D eigenvalue weighted by Crippen LogP contribution is 2.42. The van der Waals surface area contributed by atoms with Crippen molar-refractivity contribution >= 4 is 27.2 Å². The van der Waals surface area contributed by atoms with Crippen molar-refractivity contribution in [3.63, 3.8) is 0 Å². The van der Waals surface area contributed by atoms with Crippen molar-refractivity contribution in [1.82, 2.24) is 0 Å². The molecule has 0 aliphatic heterocycles. The zero-order valence-electron chi connectivity index (χ0n) is 18.7. The fourth-order valence-electron chi connectivity index (χ4n) is 4.60. The summed E-state index contributed by atoms with van der Waals surface area (Å²) in [6, 6.07) is 17.6. The largest absolute Gasteiger partial charge is 0.396 e. The number of sulfone groups is 1. The van der Waals surface area contributed by atoms with Gasteiger partial charge in [-0.1, -0.05) is 54.9 Å². The standard InChI is InChI=1S/C27H26ClFO4S/c1-17(20-7-9-23(29)10-8-20)26(31)13-18-5-6-21-11-19(16-30)14-27(25(21)12-18)34(32,33)24-4-2-3-22(28)15-24/h2-10,12,15,17,19,27,30H,11,13-14,16H2,1H3/t17-,19+,27?/m0/s1. The van der Waals surface area contributed by atoms with Gasteiger partial charge in [-0.3, -0.25) is 4.79 Å². The number of carbonyl (C=O) groups is 1. The number of aliphatic hydroxyl groups is 1. The van der Waals surface area contributed by atoms with E-state index in [9.17, 15) is 22.7 Å². The summed E-state index contributed by atoms with van der Waals surface area (Å²) in [4.78, 5) is 13.1. The Morgan fingerprint density at radius 3 is 2.53 bits per heavy atom. The Kier molecular flexibility index (Phi) is 7.22. The lowest BCUT2D eigenvalue weighted by Gasteiger charge is -2.31. The first kappa shape index (κ1) is 24.6. The fourth-order valence-corrected chi connectivity index (χ4v) is 6.82. The van der Waals surface area contributed by atoms with Crippen LogP contribution in [0.3, 0.4) is 0 Å². The van der Waals surface area contributed by atoms with E-state index in [2.05, 4.69) is 0 Å². The van der Waals surface area contributed by atoms with Gasteiger partial charge in [0, 0.05) is 24.0 Å². The van der Waals surface area contributed by atoms with Crippen LogP contribution in [0, 0.1) is 11.7 Å². The number of carbonyl (C=O) groups excluding carboxylic acids is 1. The number of Topliss-reactive ketones (excluding diaryl/α,β-unsaturated/α-hetero) is 1. The predicted octanol–water partition coefficient (Wildman–Crippen LogP) is 5.46. The van der Waals surface area contributed by atoms with Crippen LogP contribution in [-0.4, -0.2) is 25.9 Å². The molecule has 0 bridgehead atoms. The summed E-state index contributed by atoms with van der Waals surface area (Å²) in [5.41, 5.74) is 3.00. The summed E-state index contributed by atoms with van der Waals surface area (Å²) in [6.45, 7) is 1.68. The van der Waals surface area contributed by atoms with Crippen LogP contribution in [-0.2, 0) is 27.5 Å². The lowest BCUT2D eigenvalue weighted by atomic mass is 9.82. The van der Waals surface area contributed by atoms with Gasteiger partial charge in [0.25, 0.3) is 0 Å². The highest BCUT2D eigenvalue weighted by atomic mass is 35.5. The summed E-state index contributed by atoms with van der Waals surface area (Å²) in [5, 5.41) is 9.29. The molecule has 1 unspecified atom stereocenters. The van der Waals surface area contributed by atoms with Gasteiger partial charge in [-0.25, -0.2) is 12.8 Å². The van der Waals surface area contributed by atoms with Crippen molar-refractivity contribution in [1.29, 1.82) is 0 Å². The maximum absolute atomic E-state index is 13.6. The molecular formula is C27H26ClFO4S. The SMILES string of the molecule is C[C@H](C(=O)Cc1ccc2c(c1)C(S(=O)(=O)c1cccc(Cl)c1)C[C@H](CO)C2)c1ccc(F)cc1. The summed E-state index contributed by atoms with van der Waals surface area (Å²) >= 11 is 6.05. The second-order valence-corrected chi connectivity index (χ2v) is 11.5. The van der Waals surface area contributed by atoms with Crippen LogP contribution in [0.15, 0.2) is 71.6 Å². The van der Waals surface area contributed by atoms with Crippen molar-refractivity contribution in [3.8, 4) is 0 Å². The number of benzene rings is 3. The molecule has 1 aliphatic carbocycles. The van der Waals surface area contributed by atoms with E-state index in [0.29, 0.717) is 23.4 Å². The van der Waals surface area contributed by atoms with Crippen molar-refractivity contribution in [2.75, 3.05) is 6.61 Å². The molecule has 4 rings (SSSR count). The van der Waals surface area contributed by atoms with Crippen LogP contribution in [0.1, 0.15) is 46.8 Å². The maximum Gasteiger partial charge on any atom is 0.185 e. The number of ketones is 1. The van der Waals surface area contributed by atoms with Gasteiger partial charge in [-0.15, -0.1) is 0 Å². The molecular weight excluding hydrogens is 475 g/mol. The molecule has 0 fully saturated rings. The molecule has 4 nitrogen and oxygen atoms in total. The van der Waals surface area contributed by atoms with Gasteiger partial charge in [-0.05, 0) is 71.3 Å². The summed E-state index contributed by atoms with van der Waals surface area (Å²) < 4.78 is 40.4. The predicted molar refractivity (Wildman–Crippen MR) is 130 cm³/mol. The van der Waals surface area contributed by atoms with E-state index in [1.807, 2.05) is 18.2 Å². The Morgan fingerprint density at radius 1 is 1.12 bits per heavy atom. The third-order valence-electron chi connectivity index (χ3n) is 6.60. The molecule has 0 saturated heterocycles. The number of hydrogen-bond acceptors (Lipinski definition) is 4. The Labute approximate surface area is 204 Å². The van der Waals surface area contributed by atoms with Gasteiger partial charge in [0.05, 0.1) is 10.1 Å². The Hall–Kier alpha value is -2.54. The van der Waals surface area contributed by atoms with E-state index in [1.165, 1.54) is 24.3 Å². The second kappa shape index (κ2) is 9.98. The van der Waals surface area contributed by atoms with Crippen molar-refractivity contribution in [3.05, 3.63) is 99.8 Å². The van der Waals surface area contributed by atoms with E-state index >= 15 is 0 Å². The smallest absolute Gasteiger partial charge is 0.185 e. The second-order valence-electron chi connectivity index (χ2n) is 8.93. The van der Waals surface area contributed by atoms with E-state index in [4.69, 9.17) is 11.6 Å². The highest BCUT2D eigenvalue weighted by molar-refractivity contribution is 7.91. The number of hydrogen-bond donors (Lipinski definition) is 1. The van der Waals surface area contributed by atoms with Gasteiger partial charge in [-0.2, -0.15) is 0 Å². The average molecular weight is 501 g/mol. The molecule has 178 valence electrons. The maximum atomic E-state index is 13.6. The third-order valence-corrected chi connectivity index (χ3v) is 8.94. The Morgan fingerprint density at radius 2 is 1.85 bits per heavy atom. The molecule has 0 aromatic heterocycles. The first-order valence-electron chi connectivity index (χ1n) is 11.2. The van der Waals surface area contributed by atoms with E-state index in [1.54, 1.807) is 31.2 Å². The van der Waals surface area contributed by atoms with Crippen LogP contribution in [0.25, 0.3) is 0 Å². The van der Waals surface area contributed by atoms with Crippen LogP contribution < -0.4 is 0 Å². The topological polar surface area (TPSA) is 71.4 Å². The molecule has 0 amide bonds. The van der Waals surface area contributed by atoms with E-state index < -0.39 is 21.0 Å². The first-order valence-corrected chi connectivity index (χ1v) is 13.1. The minimum atomic E-state index is -3.77. The lowest BCUT2D eigenvalue weighted by molar-refractivity contribution is -0.119. The number of fused-ring (bicyclic) bond motifs is 1. The average Bonchev–Trinajstić information content (AvgIpc) is 2.83. The molecule has 7 heteroatoms. The Balaban J connectivity index is 1.66. The van der Waals surface area contributed by atoms with Crippen molar-refractivity contribution in [2.45, 2.75) is 42.2 Å². The van der Waals surface area contributed by atoms with E-state index in [0.717, 1.165) is 16.7 Å². The first-order chi connectivity index (χ1) is 16.2. The molecule has 3 aromatic rings. The molecule has 0 spiro atoms. The van der Waals surface area contributed by atoms with Crippen LogP contribution in [0.2, 0.25) is 5.02 Å². The zero-order chi connectivity index (χ0) is 24.5. The molecule has 0 radical (unpaired) electrons. The van der Waals surface area contributed by atoms with Gasteiger partial charge >= 0.3 is 0 Å². The van der Waals surface area contributed by atoms with Crippen LogP contribution >= 0.6 is 11.6 Å². The molecule has 1 aliphatic rings. The van der Waals surface area contributed by atoms with Crippen LogP contribution in [0.5, 0.6) is 0 Å². The molecule has 3 aromatic carbocycles. The summed E-state index contributed by atoms with van der Waals surface area (Å²) in [7, 11) is -3.77. The zero-order valence-corrected chi connectivity index (χ0v) is 20.3.